The molecule has 4 aromatic heterocycles. The van der Waals surface area contributed by atoms with Crippen molar-refractivity contribution in [2.75, 3.05) is 0 Å². The Balaban J connectivity index is 1.44. The Labute approximate surface area is 347 Å². The van der Waals surface area contributed by atoms with Crippen LogP contribution in [0.15, 0.2) is 77.5 Å². The van der Waals surface area contributed by atoms with Crippen molar-refractivity contribution in [3.05, 3.63) is 106 Å². The third kappa shape index (κ3) is 7.17. The Morgan fingerprint density at radius 1 is 0.789 bits per heavy atom. The van der Waals surface area contributed by atoms with Gasteiger partial charge in [-0.2, -0.15) is 0 Å². The first-order valence-electron chi connectivity index (χ1n) is 20.1. The van der Waals surface area contributed by atoms with E-state index >= 15 is 0 Å². The van der Waals surface area contributed by atoms with Gasteiger partial charge in [-0.3, -0.25) is 0 Å². The first kappa shape index (κ1) is 39.3. The molecule has 0 aliphatic carbocycles. The summed E-state index contributed by atoms with van der Waals surface area (Å²) in [5, 5.41) is 12.5. The molecule has 0 atom stereocenters. The van der Waals surface area contributed by atoms with Crippen LogP contribution in [0.25, 0.3) is 74.6 Å². The second kappa shape index (κ2) is 14.4. The van der Waals surface area contributed by atoms with E-state index in [0.717, 1.165) is 77.0 Å². The zero-order valence-corrected chi connectivity index (χ0v) is 37.8. The topological polar surface area (TPSA) is 72.0 Å². The summed E-state index contributed by atoms with van der Waals surface area (Å²) in [6.45, 7) is 26.9. The average Bonchev–Trinajstić information content (AvgIpc) is 3.84. The molecule has 0 saturated carbocycles. The minimum atomic E-state index is -0.216. The number of benzene rings is 4. The van der Waals surface area contributed by atoms with E-state index in [-0.39, 0.29) is 31.1 Å². The van der Waals surface area contributed by atoms with E-state index in [1.54, 1.807) is 12.4 Å². The Morgan fingerprint density at radius 3 is 2.14 bits per heavy atom. The summed E-state index contributed by atoms with van der Waals surface area (Å²) < 4.78 is 9.48. The third-order valence-corrected chi connectivity index (χ3v) is 14.6. The number of phenols is 1. The molecule has 4 heterocycles. The van der Waals surface area contributed by atoms with E-state index < -0.39 is 0 Å². The van der Waals surface area contributed by atoms with Crippen molar-refractivity contribution in [2.24, 2.45) is 5.41 Å². The van der Waals surface area contributed by atoms with Crippen molar-refractivity contribution >= 4 is 56.8 Å². The van der Waals surface area contributed by atoms with Gasteiger partial charge in [0.25, 0.3) is 0 Å². The molecule has 1 N–H and O–H groups in total. The van der Waals surface area contributed by atoms with Gasteiger partial charge >= 0.3 is 328 Å². The van der Waals surface area contributed by atoms with Crippen LogP contribution in [-0.2, 0) is 11.8 Å². The van der Waals surface area contributed by atoms with E-state index in [9.17, 15) is 5.11 Å². The molecule has 8 aromatic rings. The maximum absolute atomic E-state index is 11.6. The monoisotopic (exact) mass is 839 g/mol. The summed E-state index contributed by atoms with van der Waals surface area (Å²) in [4.78, 5) is 16.6. The van der Waals surface area contributed by atoms with E-state index in [2.05, 4.69) is 131 Å². The summed E-state index contributed by atoms with van der Waals surface area (Å²) in [5.74, 6) is 1.78. The first-order chi connectivity index (χ1) is 26.9. The van der Waals surface area contributed by atoms with Crippen molar-refractivity contribution in [1.82, 2.24) is 15.0 Å². The maximum atomic E-state index is 11.6. The second-order valence-electron chi connectivity index (χ2n) is 18.5. The van der Waals surface area contributed by atoms with Gasteiger partial charge < -0.3 is 0 Å². The number of rotatable bonds is 7. The van der Waals surface area contributed by atoms with Crippen LogP contribution in [0.1, 0.15) is 114 Å². The number of furan rings is 1. The molecule has 0 bridgehead atoms. The summed E-state index contributed by atoms with van der Waals surface area (Å²) >= 11 is 1.60. The first-order valence-corrected chi connectivity index (χ1v) is 22.6. The molecule has 57 heavy (non-hydrogen) atoms. The summed E-state index contributed by atoms with van der Waals surface area (Å²) in [6, 6.07) is 24.3. The molecular weight excluding hydrogens is 786 g/mol. The average molecular weight is 839 g/mol. The van der Waals surface area contributed by atoms with Crippen LogP contribution in [0.2, 0.25) is 0 Å². The van der Waals surface area contributed by atoms with E-state index in [4.69, 9.17) is 19.4 Å². The van der Waals surface area contributed by atoms with Crippen LogP contribution < -0.4 is 0 Å². The van der Waals surface area contributed by atoms with E-state index in [1.807, 2.05) is 24.3 Å². The molecule has 0 spiro atoms. The zero-order valence-electron chi connectivity index (χ0n) is 35.3. The zero-order chi connectivity index (χ0) is 40.7. The Bertz CT molecular complexity index is 2810. The number of thiophene rings is 1. The number of phenolic OH excluding ortho intramolecular Hbond substituents is 1. The van der Waals surface area contributed by atoms with Crippen molar-refractivity contribution in [3.8, 4) is 49.4 Å². The van der Waals surface area contributed by atoms with Crippen LogP contribution in [0.4, 0.5) is 0 Å². The van der Waals surface area contributed by atoms with Gasteiger partial charge in [0.1, 0.15) is 0 Å². The molecule has 0 unspecified atom stereocenters. The predicted molar refractivity (Wildman–Crippen MR) is 242 cm³/mol. The van der Waals surface area contributed by atoms with Crippen LogP contribution in [0, 0.1) is 19.3 Å². The van der Waals surface area contributed by atoms with Gasteiger partial charge in [-0.1, -0.05) is 20.8 Å². The van der Waals surface area contributed by atoms with Crippen LogP contribution in [-0.4, -0.2) is 34.6 Å². The van der Waals surface area contributed by atoms with E-state index in [0.29, 0.717) is 11.8 Å². The number of aryl methyl sites for hydroxylation is 2. The molecule has 4 aromatic carbocycles. The van der Waals surface area contributed by atoms with Gasteiger partial charge in [0.15, 0.2) is 0 Å². The van der Waals surface area contributed by atoms with Gasteiger partial charge in [-0.25, -0.2) is 0 Å². The molecule has 0 amide bonds. The Kier molecular flexibility index (Phi) is 9.91. The van der Waals surface area contributed by atoms with Gasteiger partial charge in [0, 0.05) is 0 Å². The Hall–Kier alpha value is -4.55. The number of aromatic hydroxyl groups is 1. The number of hydrogen-bond acceptors (Lipinski definition) is 6. The number of nitrogens with zero attached hydrogens (tertiary/aromatic N) is 3. The molecule has 0 saturated heterocycles. The number of hydrogen-bond donors (Lipinski definition) is 1. The van der Waals surface area contributed by atoms with Gasteiger partial charge in [0.2, 0.25) is 0 Å². The predicted octanol–water partition coefficient (Wildman–Crippen LogP) is 14.2. The molecule has 8 rings (SSSR count). The number of aromatic nitrogens is 3. The molecule has 0 radical (unpaired) electrons. The summed E-state index contributed by atoms with van der Waals surface area (Å²) in [7, 11) is 0. The van der Waals surface area contributed by atoms with Crippen molar-refractivity contribution in [3.63, 3.8) is 0 Å². The van der Waals surface area contributed by atoms with Crippen molar-refractivity contribution in [1.29, 1.82) is 0 Å². The standard InChI is InChI=1S/C50H53N3O2SSe/c1-26(2)34-14-13-15-35(27(3)4)42(34)37-17-16-36(45-47(37)57-48(53-45)43-39(54)18-19-40-41(43)28(5)29(6)55-40)30-20-31(22-32(21-30)50(10,11)12)44-46-38(51-25-52-44)23-33(56-46)24-49(7,8)9/h13-23,25-27,54H,24H2,1-12H3. The van der Waals surface area contributed by atoms with Crippen molar-refractivity contribution < 1.29 is 9.52 Å². The van der Waals surface area contributed by atoms with Crippen molar-refractivity contribution in [2.45, 2.75) is 107 Å². The third-order valence-electron chi connectivity index (χ3n) is 11.2. The molecule has 7 heteroatoms. The van der Waals surface area contributed by atoms with Gasteiger partial charge in [0.05, 0.1) is 0 Å². The fourth-order valence-corrected chi connectivity index (χ4v) is 12.0. The van der Waals surface area contributed by atoms with Gasteiger partial charge in [-0.15, -0.1) is 0 Å². The SMILES string of the molecule is Cc1oc2ccc(O)c(-c3nc4c(-c5cc(-c6ncnc7cc(CC(C)(C)C)sc67)cc(C(C)(C)C)c5)ccc(-c5c(C(C)C)cccc5C(C)C)c4[se]3)c2c1C. The quantitative estimate of drug-likeness (QED) is 0.162. The summed E-state index contributed by atoms with van der Waals surface area (Å²) in [6.07, 6.45) is 2.70. The molecule has 0 aliphatic rings. The molecule has 0 fully saturated rings. The van der Waals surface area contributed by atoms with Gasteiger partial charge in [-0.05, 0) is 0 Å². The molecular formula is C50H53N3O2SSe. The van der Waals surface area contributed by atoms with Crippen LogP contribution in [0.5, 0.6) is 5.75 Å². The Morgan fingerprint density at radius 2 is 1.47 bits per heavy atom. The minimum absolute atomic E-state index is 0.119. The second-order valence-corrected chi connectivity index (χ2v) is 21.8. The molecule has 292 valence electrons. The van der Waals surface area contributed by atoms with E-state index in [1.165, 1.54) is 37.0 Å². The fraction of sp³-hybridized carbons (Fsp3) is 0.340. The number of fused-ring (bicyclic) bond motifs is 3. The van der Waals surface area contributed by atoms with Crippen LogP contribution >= 0.6 is 11.3 Å². The normalized spacial score (nSPS) is 12.7. The summed E-state index contributed by atoms with van der Waals surface area (Å²) in [5.41, 5.74) is 15.4. The van der Waals surface area contributed by atoms with Crippen LogP contribution in [0.3, 0.4) is 0 Å². The molecule has 5 nitrogen and oxygen atoms in total. The fourth-order valence-electron chi connectivity index (χ4n) is 8.14. The molecule has 0 aliphatic heterocycles.